The van der Waals surface area contributed by atoms with Gasteiger partial charge in [0.15, 0.2) is 11.5 Å². The molecule has 0 aliphatic heterocycles. The summed E-state index contributed by atoms with van der Waals surface area (Å²) >= 11 is 0. The molecule has 0 bridgehead atoms. The van der Waals surface area contributed by atoms with E-state index in [1.807, 2.05) is 0 Å². The van der Waals surface area contributed by atoms with E-state index in [1.165, 1.54) is 14.2 Å². The van der Waals surface area contributed by atoms with Crippen LogP contribution in [0.1, 0.15) is 16.7 Å². The summed E-state index contributed by atoms with van der Waals surface area (Å²) in [5, 5.41) is 6.08. The van der Waals surface area contributed by atoms with Gasteiger partial charge in [0.2, 0.25) is 0 Å². The molecule has 0 radical (unpaired) electrons. The molecule has 27 heavy (non-hydrogen) atoms. The summed E-state index contributed by atoms with van der Waals surface area (Å²) < 4.78 is 56.7. The summed E-state index contributed by atoms with van der Waals surface area (Å²) in [6.07, 6.45) is -4.23. The lowest BCUT2D eigenvalue weighted by molar-refractivity contribution is -0.138. The van der Waals surface area contributed by atoms with Gasteiger partial charge in [-0.25, -0.2) is 9.37 Å². The van der Waals surface area contributed by atoms with Gasteiger partial charge in [-0.3, -0.25) is 4.79 Å². The van der Waals surface area contributed by atoms with Crippen LogP contribution in [0.25, 0.3) is 0 Å². The van der Waals surface area contributed by atoms with Gasteiger partial charge in [0.05, 0.1) is 5.56 Å². The Bertz CT molecular complexity index is 854. The molecule has 144 valence electrons. The fourth-order valence-electron chi connectivity index (χ4n) is 2.13. The largest absolute Gasteiger partial charge is 0.471 e. The molecule has 6 nitrogen and oxygen atoms in total. The Morgan fingerprint density at radius 1 is 1.30 bits per heavy atom. The summed E-state index contributed by atoms with van der Waals surface area (Å²) in [7, 11) is 2.68. The topological polar surface area (TPSA) is 72.8 Å². The van der Waals surface area contributed by atoms with E-state index in [0.29, 0.717) is 23.4 Å². The molecular weight excluding hydrogens is 370 g/mol. The van der Waals surface area contributed by atoms with E-state index in [-0.39, 0.29) is 12.3 Å². The van der Waals surface area contributed by atoms with E-state index >= 15 is 0 Å². The van der Waals surface area contributed by atoms with Gasteiger partial charge < -0.3 is 14.9 Å². The number of rotatable bonds is 6. The molecule has 0 unspecified atom stereocenters. The maximum atomic E-state index is 13.9. The van der Waals surface area contributed by atoms with Crippen LogP contribution in [0.2, 0.25) is 0 Å². The Balaban J connectivity index is 2.27. The van der Waals surface area contributed by atoms with Gasteiger partial charge in [-0.2, -0.15) is 13.2 Å². The minimum absolute atomic E-state index is 0.0416. The Morgan fingerprint density at radius 3 is 2.59 bits per heavy atom. The first-order valence-corrected chi connectivity index (χ1v) is 7.55. The van der Waals surface area contributed by atoms with Crippen LogP contribution in [0, 0.1) is 5.82 Å². The predicted molar refractivity (Wildman–Crippen MR) is 87.6 cm³/mol. The van der Waals surface area contributed by atoms with E-state index < -0.39 is 29.3 Å². The summed E-state index contributed by atoms with van der Waals surface area (Å²) in [5.74, 6) is -2.37. The third kappa shape index (κ3) is 4.93. The maximum Gasteiger partial charge on any atom is 0.417 e. The number of oxime groups is 1. The second-order valence-electron chi connectivity index (χ2n) is 5.16. The minimum atomic E-state index is -4.71. The van der Waals surface area contributed by atoms with Crippen LogP contribution in [0.3, 0.4) is 0 Å². The fourth-order valence-corrected chi connectivity index (χ4v) is 2.13. The number of alkyl halides is 3. The number of benzene rings is 1. The first-order chi connectivity index (χ1) is 12.8. The lowest BCUT2D eigenvalue weighted by Gasteiger charge is -2.12. The van der Waals surface area contributed by atoms with Crippen molar-refractivity contribution in [1.29, 1.82) is 0 Å². The Morgan fingerprint density at radius 2 is 2.00 bits per heavy atom. The molecule has 2 aromatic rings. The molecule has 1 amide bonds. The highest BCUT2D eigenvalue weighted by molar-refractivity contribution is 6.45. The molecule has 10 heteroatoms. The van der Waals surface area contributed by atoms with Crippen molar-refractivity contribution in [2.45, 2.75) is 12.8 Å². The highest BCUT2D eigenvalue weighted by Crippen LogP contribution is 2.30. The molecule has 0 aliphatic carbocycles. The molecule has 0 spiro atoms. The van der Waals surface area contributed by atoms with Crippen molar-refractivity contribution in [3.63, 3.8) is 0 Å². The smallest absolute Gasteiger partial charge is 0.417 e. The number of carbonyl (C=O) groups is 1. The quantitative estimate of drug-likeness (QED) is 0.472. The number of hydrogen-bond acceptors (Lipinski definition) is 5. The van der Waals surface area contributed by atoms with E-state index in [0.717, 1.165) is 0 Å². The maximum absolute atomic E-state index is 13.9. The molecule has 0 saturated carbocycles. The predicted octanol–water partition coefficient (Wildman–Crippen LogP) is 2.92. The summed E-state index contributed by atoms with van der Waals surface area (Å²) in [6.45, 7) is -0.259. The molecular formula is C17H15F4N3O3. The number of likely N-dealkylation sites (N-methyl/N-ethyl adjacent to an activating group) is 1. The third-order valence-corrected chi connectivity index (χ3v) is 3.40. The van der Waals surface area contributed by atoms with Crippen molar-refractivity contribution in [3.05, 3.63) is 59.0 Å². The Hall–Kier alpha value is -3.17. The Kier molecular flexibility index (Phi) is 6.32. The summed E-state index contributed by atoms with van der Waals surface area (Å²) in [4.78, 5) is 20.0. The lowest BCUT2D eigenvalue weighted by atomic mass is 10.0. The molecule has 1 aromatic carbocycles. The van der Waals surface area contributed by atoms with Crippen LogP contribution in [0.5, 0.6) is 5.88 Å². The zero-order chi connectivity index (χ0) is 20.0. The van der Waals surface area contributed by atoms with Crippen LogP contribution in [-0.2, 0) is 22.4 Å². The number of carbonyl (C=O) groups excluding carboxylic acids is 1. The third-order valence-electron chi connectivity index (χ3n) is 3.40. The van der Waals surface area contributed by atoms with Crippen molar-refractivity contribution in [3.8, 4) is 5.88 Å². The van der Waals surface area contributed by atoms with E-state index in [2.05, 4.69) is 20.3 Å². The first-order valence-electron chi connectivity index (χ1n) is 7.55. The number of halogens is 4. The highest BCUT2D eigenvalue weighted by atomic mass is 19.4. The van der Waals surface area contributed by atoms with Gasteiger partial charge in [-0.05, 0) is 11.6 Å². The average molecular weight is 385 g/mol. The second-order valence-corrected chi connectivity index (χ2v) is 5.16. The van der Waals surface area contributed by atoms with Crippen molar-refractivity contribution in [1.82, 2.24) is 10.3 Å². The zero-order valence-electron chi connectivity index (χ0n) is 14.3. The van der Waals surface area contributed by atoms with Gasteiger partial charge in [0.1, 0.15) is 13.7 Å². The molecule has 0 atom stereocenters. The number of pyridine rings is 1. The van der Waals surface area contributed by atoms with Crippen LogP contribution in [0.15, 0.2) is 41.7 Å². The normalized spacial score (nSPS) is 11.9. The number of nitrogens with one attached hydrogen (secondary N) is 1. The number of nitrogens with zero attached hydrogens (tertiary/aromatic N) is 2. The molecule has 1 N–H and O–H groups in total. The average Bonchev–Trinajstić information content (AvgIpc) is 2.64. The van der Waals surface area contributed by atoms with E-state index in [1.54, 1.807) is 24.3 Å². The molecule has 0 saturated heterocycles. The van der Waals surface area contributed by atoms with E-state index in [4.69, 9.17) is 4.74 Å². The van der Waals surface area contributed by atoms with Gasteiger partial charge in [0.25, 0.3) is 11.8 Å². The van der Waals surface area contributed by atoms with Gasteiger partial charge in [0, 0.05) is 18.8 Å². The molecule has 0 fully saturated rings. The summed E-state index contributed by atoms with van der Waals surface area (Å²) in [5.41, 5.74) is -0.481. The van der Waals surface area contributed by atoms with Crippen molar-refractivity contribution in [2.75, 3.05) is 14.2 Å². The lowest BCUT2D eigenvalue weighted by Crippen LogP contribution is -2.29. The highest BCUT2D eigenvalue weighted by Gasteiger charge is 2.32. The molecule has 1 heterocycles. The summed E-state index contributed by atoms with van der Waals surface area (Å²) in [6, 6.07) is 6.75. The number of aromatic nitrogens is 1. The van der Waals surface area contributed by atoms with Gasteiger partial charge in [-0.1, -0.05) is 29.4 Å². The number of ether oxygens (including phenoxy) is 1. The number of hydrogen-bond donors (Lipinski definition) is 1. The van der Waals surface area contributed by atoms with Crippen LogP contribution in [-0.4, -0.2) is 30.8 Å². The first kappa shape index (κ1) is 20.1. The Labute approximate surface area is 151 Å². The molecule has 1 aromatic heterocycles. The second kappa shape index (κ2) is 8.47. The van der Waals surface area contributed by atoms with E-state index in [9.17, 15) is 22.4 Å². The van der Waals surface area contributed by atoms with Gasteiger partial charge in [-0.15, -0.1) is 0 Å². The SMILES string of the molecule is CNC(=O)C(=NOC)c1ccccc1COc1ncc(C(F)(F)F)cc1F. The van der Waals surface area contributed by atoms with Gasteiger partial charge >= 0.3 is 6.18 Å². The van der Waals surface area contributed by atoms with Crippen LogP contribution in [0.4, 0.5) is 17.6 Å². The van der Waals surface area contributed by atoms with Crippen molar-refractivity contribution >= 4 is 11.6 Å². The molecule has 2 rings (SSSR count). The minimum Gasteiger partial charge on any atom is -0.471 e. The van der Waals surface area contributed by atoms with Crippen molar-refractivity contribution < 1.29 is 31.9 Å². The monoisotopic (exact) mass is 385 g/mol. The fraction of sp³-hybridized carbons (Fsp3) is 0.235. The number of amides is 1. The molecule has 0 aliphatic rings. The van der Waals surface area contributed by atoms with Crippen molar-refractivity contribution in [2.24, 2.45) is 5.16 Å². The standard InChI is InChI=1S/C17H15F4N3O3/c1-22-15(25)14(24-26-2)12-6-4-3-5-10(12)9-27-16-13(18)7-11(8-23-16)17(19,20)21/h3-8H,9H2,1-2H3,(H,22,25). The van der Waals surface area contributed by atoms with Crippen LogP contribution < -0.4 is 10.1 Å². The zero-order valence-corrected chi connectivity index (χ0v) is 14.3. The van der Waals surface area contributed by atoms with Crippen LogP contribution >= 0.6 is 0 Å².